The molecule has 0 fully saturated rings. The molecular weight excluding hydrogens is 391 g/mol. The van der Waals surface area contributed by atoms with Gasteiger partial charge in [0.2, 0.25) is 5.91 Å². The minimum atomic E-state index is -0.220. The molecule has 2 rings (SSSR count). The van der Waals surface area contributed by atoms with Crippen LogP contribution in [0.5, 0.6) is 0 Å². The molecule has 5 nitrogen and oxygen atoms in total. The summed E-state index contributed by atoms with van der Waals surface area (Å²) in [5.74, 6) is 0.708. The lowest BCUT2D eigenvalue weighted by molar-refractivity contribution is -0.121. The number of hydrogen-bond donors (Lipinski definition) is 2. The van der Waals surface area contributed by atoms with Crippen LogP contribution in [0.1, 0.15) is 26.3 Å². The molecule has 6 heteroatoms. The van der Waals surface area contributed by atoms with Gasteiger partial charge in [0.25, 0.3) is 0 Å². The van der Waals surface area contributed by atoms with Crippen LogP contribution in [0.3, 0.4) is 0 Å². The second-order valence-electron chi connectivity index (χ2n) is 6.23. The fourth-order valence-electron chi connectivity index (χ4n) is 2.48. The molecule has 1 aromatic rings. The number of para-hydroxylation sites is 1. The van der Waals surface area contributed by atoms with Crippen LogP contribution < -0.4 is 15.5 Å². The zero-order valence-electron chi connectivity index (χ0n) is 13.6. The van der Waals surface area contributed by atoms with E-state index in [1.807, 2.05) is 26.8 Å². The number of carbonyl (C=O) groups excluding carboxylic acids is 1. The van der Waals surface area contributed by atoms with E-state index in [0.29, 0.717) is 0 Å². The van der Waals surface area contributed by atoms with Crippen LogP contribution in [0.2, 0.25) is 0 Å². The molecule has 0 aliphatic carbocycles. The average Bonchev–Trinajstić information content (AvgIpc) is 2.82. The van der Waals surface area contributed by atoms with E-state index in [1.54, 1.807) is 7.05 Å². The van der Waals surface area contributed by atoms with Crippen LogP contribution in [0.25, 0.3) is 0 Å². The van der Waals surface area contributed by atoms with Crippen LogP contribution >= 0.6 is 24.0 Å². The third-order valence-electron chi connectivity index (χ3n) is 3.28. The van der Waals surface area contributed by atoms with Gasteiger partial charge in [-0.2, -0.15) is 0 Å². The standard InChI is InChI=1S/C16H24N4O.HI/c1-16(2,3)19-14(21)11-18-15(17-4)20-10-9-12-7-5-6-8-13(12)20;/h5-8H,9-11H2,1-4H3,(H,17,18)(H,19,21);1H. The Bertz CT molecular complexity index is 551. The number of halogens is 1. The predicted molar refractivity (Wildman–Crippen MR) is 102 cm³/mol. The average molecular weight is 416 g/mol. The highest BCUT2D eigenvalue weighted by Gasteiger charge is 2.23. The van der Waals surface area contributed by atoms with Crippen molar-refractivity contribution >= 4 is 41.5 Å². The molecule has 0 atom stereocenters. The maximum atomic E-state index is 11.9. The maximum Gasteiger partial charge on any atom is 0.239 e. The Labute approximate surface area is 149 Å². The van der Waals surface area contributed by atoms with Crippen molar-refractivity contribution in [2.45, 2.75) is 32.7 Å². The number of benzene rings is 1. The number of nitrogens with zero attached hydrogens (tertiary/aromatic N) is 2. The first kappa shape index (κ1) is 18.7. The normalized spacial score (nSPS) is 14.2. The Morgan fingerprint density at radius 1 is 1.32 bits per heavy atom. The summed E-state index contributed by atoms with van der Waals surface area (Å²) in [6, 6.07) is 8.30. The number of amides is 1. The first-order valence-electron chi connectivity index (χ1n) is 7.28. The number of rotatable bonds is 2. The summed E-state index contributed by atoms with van der Waals surface area (Å²) in [4.78, 5) is 18.3. The van der Waals surface area contributed by atoms with Crippen LogP contribution in [0, 0.1) is 0 Å². The number of aliphatic imine (C=N–C) groups is 1. The summed E-state index contributed by atoms with van der Waals surface area (Å²) in [6.45, 7) is 7.02. The molecule has 1 heterocycles. The molecule has 1 aliphatic heterocycles. The van der Waals surface area contributed by atoms with Crippen LogP contribution in [0.15, 0.2) is 29.3 Å². The van der Waals surface area contributed by atoms with Crippen molar-refractivity contribution in [3.05, 3.63) is 29.8 Å². The van der Waals surface area contributed by atoms with Gasteiger partial charge < -0.3 is 15.5 Å². The second-order valence-corrected chi connectivity index (χ2v) is 6.23. The van der Waals surface area contributed by atoms with E-state index in [1.165, 1.54) is 11.3 Å². The van der Waals surface area contributed by atoms with Gasteiger partial charge in [0.15, 0.2) is 5.96 Å². The molecular formula is C16H25IN4O. The summed E-state index contributed by atoms with van der Waals surface area (Å²) >= 11 is 0. The fraction of sp³-hybridized carbons (Fsp3) is 0.500. The third-order valence-corrected chi connectivity index (χ3v) is 3.28. The van der Waals surface area contributed by atoms with Gasteiger partial charge in [-0.25, -0.2) is 0 Å². The second kappa shape index (κ2) is 7.80. The van der Waals surface area contributed by atoms with Gasteiger partial charge in [-0.1, -0.05) is 18.2 Å². The van der Waals surface area contributed by atoms with E-state index in [0.717, 1.165) is 18.9 Å². The lowest BCUT2D eigenvalue weighted by Gasteiger charge is -2.24. The lowest BCUT2D eigenvalue weighted by Crippen LogP contribution is -2.49. The summed E-state index contributed by atoms with van der Waals surface area (Å²) in [5.41, 5.74) is 2.27. The Morgan fingerprint density at radius 2 is 2.00 bits per heavy atom. The molecule has 0 saturated heterocycles. The SMILES string of the molecule is CN=C(NCC(=O)NC(C)(C)C)N1CCc2ccccc21.I. The van der Waals surface area contributed by atoms with Crippen molar-refractivity contribution in [1.82, 2.24) is 10.6 Å². The summed E-state index contributed by atoms with van der Waals surface area (Å²) in [5, 5.41) is 6.07. The number of carbonyl (C=O) groups is 1. The molecule has 1 aliphatic rings. The number of hydrogen-bond acceptors (Lipinski definition) is 2. The minimum absolute atomic E-state index is 0. The molecule has 0 unspecified atom stereocenters. The zero-order chi connectivity index (χ0) is 15.5. The summed E-state index contributed by atoms with van der Waals surface area (Å²) < 4.78 is 0. The van der Waals surface area contributed by atoms with Crippen molar-refractivity contribution in [3.63, 3.8) is 0 Å². The van der Waals surface area contributed by atoms with E-state index in [-0.39, 0.29) is 42.0 Å². The van der Waals surface area contributed by atoms with Gasteiger partial charge in [-0.15, -0.1) is 24.0 Å². The number of anilines is 1. The van der Waals surface area contributed by atoms with Gasteiger partial charge in [0.05, 0.1) is 6.54 Å². The van der Waals surface area contributed by atoms with E-state index in [2.05, 4.69) is 38.7 Å². The molecule has 0 radical (unpaired) electrons. The molecule has 22 heavy (non-hydrogen) atoms. The first-order valence-corrected chi connectivity index (χ1v) is 7.28. The highest BCUT2D eigenvalue weighted by atomic mass is 127. The number of nitrogens with one attached hydrogen (secondary N) is 2. The van der Waals surface area contributed by atoms with Crippen molar-refractivity contribution in [2.24, 2.45) is 4.99 Å². The quantitative estimate of drug-likeness (QED) is 0.442. The van der Waals surface area contributed by atoms with E-state index in [4.69, 9.17) is 0 Å². The van der Waals surface area contributed by atoms with Gasteiger partial charge in [-0.3, -0.25) is 9.79 Å². The van der Waals surface area contributed by atoms with Crippen LogP contribution in [0.4, 0.5) is 5.69 Å². The van der Waals surface area contributed by atoms with Gasteiger partial charge in [0, 0.05) is 24.8 Å². The van der Waals surface area contributed by atoms with Gasteiger partial charge in [0.1, 0.15) is 0 Å². The number of guanidine groups is 1. The smallest absolute Gasteiger partial charge is 0.239 e. The Kier molecular flexibility index (Phi) is 6.65. The van der Waals surface area contributed by atoms with Gasteiger partial charge >= 0.3 is 0 Å². The van der Waals surface area contributed by atoms with Crippen molar-refractivity contribution in [2.75, 3.05) is 25.0 Å². The number of fused-ring (bicyclic) bond motifs is 1. The highest BCUT2D eigenvalue weighted by molar-refractivity contribution is 14.0. The monoisotopic (exact) mass is 416 g/mol. The Morgan fingerprint density at radius 3 is 2.64 bits per heavy atom. The maximum absolute atomic E-state index is 11.9. The van der Waals surface area contributed by atoms with Crippen molar-refractivity contribution in [1.29, 1.82) is 0 Å². The van der Waals surface area contributed by atoms with Gasteiger partial charge in [-0.05, 0) is 38.8 Å². The lowest BCUT2D eigenvalue weighted by atomic mass is 10.1. The molecule has 1 amide bonds. The first-order chi connectivity index (χ1) is 9.90. The summed E-state index contributed by atoms with van der Waals surface area (Å²) in [6.07, 6.45) is 1.01. The highest BCUT2D eigenvalue weighted by Crippen LogP contribution is 2.27. The Hall–Kier alpha value is -1.31. The largest absolute Gasteiger partial charge is 0.350 e. The molecule has 0 spiro atoms. The van der Waals surface area contributed by atoms with E-state index >= 15 is 0 Å². The molecule has 0 saturated carbocycles. The molecule has 0 bridgehead atoms. The molecule has 2 N–H and O–H groups in total. The minimum Gasteiger partial charge on any atom is -0.350 e. The topological polar surface area (TPSA) is 56.7 Å². The van der Waals surface area contributed by atoms with Crippen LogP contribution in [-0.4, -0.2) is 37.5 Å². The molecule has 122 valence electrons. The van der Waals surface area contributed by atoms with E-state index < -0.39 is 0 Å². The van der Waals surface area contributed by atoms with Crippen LogP contribution in [-0.2, 0) is 11.2 Å². The molecule has 1 aromatic carbocycles. The van der Waals surface area contributed by atoms with Crippen molar-refractivity contribution in [3.8, 4) is 0 Å². The zero-order valence-corrected chi connectivity index (χ0v) is 16.0. The van der Waals surface area contributed by atoms with E-state index in [9.17, 15) is 4.79 Å². The molecule has 0 aromatic heterocycles. The predicted octanol–water partition coefficient (Wildman–Crippen LogP) is 2.16. The summed E-state index contributed by atoms with van der Waals surface area (Å²) in [7, 11) is 1.74. The third kappa shape index (κ3) is 4.86. The Balaban J connectivity index is 0.00000242. The van der Waals surface area contributed by atoms with Crippen molar-refractivity contribution < 1.29 is 4.79 Å². The fourth-order valence-corrected chi connectivity index (χ4v) is 2.48.